The molecule has 2 rings (SSSR count). The van der Waals surface area contributed by atoms with Gasteiger partial charge in [-0.05, 0) is 12.0 Å². The Morgan fingerprint density at radius 2 is 2.45 bits per heavy atom. The molecule has 1 aliphatic heterocycles. The fourth-order valence-electron chi connectivity index (χ4n) is 1.52. The zero-order chi connectivity index (χ0) is 7.68. The maximum atomic E-state index is 6.11. The second kappa shape index (κ2) is 2.82. The first-order valence-corrected chi connectivity index (χ1v) is 4.32. The molecule has 0 spiro atoms. The summed E-state index contributed by atoms with van der Waals surface area (Å²) in [7, 11) is 0. The third-order valence-electron chi connectivity index (χ3n) is 2.14. The van der Waals surface area contributed by atoms with E-state index in [1.807, 2.05) is 6.21 Å². The molecule has 0 saturated carbocycles. The molecule has 1 aliphatic carbocycles. The highest BCUT2D eigenvalue weighted by Crippen LogP contribution is 2.28. The van der Waals surface area contributed by atoms with Crippen LogP contribution in [0, 0.1) is 5.92 Å². The summed E-state index contributed by atoms with van der Waals surface area (Å²) in [5.74, 6) is 0.371. The van der Waals surface area contributed by atoms with Crippen molar-refractivity contribution in [1.29, 1.82) is 0 Å². The lowest BCUT2D eigenvalue weighted by atomic mass is 9.88. The molecule has 11 heavy (non-hydrogen) atoms. The average Bonchev–Trinajstić information content (AvgIpc) is 2.06. The topological polar surface area (TPSA) is 12.4 Å². The van der Waals surface area contributed by atoms with E-state index in [1.54, 1.807) is 0 Å². The molecule has 0 saturated heterocycles. The largest absolute Gasteiger partial charge is 0.293 e. The summed E-state index contributed by atoms with van der Waals surface area (Å²) in [5.41, 5.74) is 1.34. The summed E-state index contributed by atoms with van der Waals surface area (Å²) in [6.45, 7) is 0.819. The molecule has 2 atom stereocenters. The molecular weight excluding hydrogens is 158 g/mol. The monoisotopic (exact) mass is 167 g/mol. The van der Waals surface area contributed by atoms with Gasteiger partial charge in [-0.2, -0.15) is 0 Å². The normalized spacial score (nSPS) is 34.8. The standard InChI is InChI=1S/C9H10ClN/c10-9-3-1-2-7-4-5-11-6-8(7)9/h1-2,4,6,8-9H,3,5H2. The Morgan fingerprint density at radius 3 is 3.27 bits per heavy atom. The number of aliphatic imine (C=N–C) groups is 1. The van der Waals surface area contributed by atoms with E-state index in [1.165, 1.54) is 5.57 Å². The fraction of sp³-hybridized carbons (Fsp3) is 0.444. The van der Waals surface area contributed by atoms with E-state index in [-0.39, 0.29) is 5.38 Å². The maximum Gasteiger partial charge on any atom is 0.0572 e. The number of nitrogens with zero attached hydrogens (tertiary/aromatic N) is 1. The lowest BCUT2D eigenvalue weighted by Crippen LogP contribution is -2.22. The highest BCUT2D eigenvalue weighted by Gasteiger charge is 2.23. The molecule has 0 bridgehead atoms. The summed E-state index contributed by atoms with van der Waals surface area (Å²) in [6, 6.07) is 0. The minimum atomic E-state index is 0.218. The van der Waals surface area contributed by atoms with Gasteiger partial charge in [0.25, 0.3) is 0 Å². The number of fused-ring (bicyclic) bond motifs is 1. The van der Waals surface area contributed by atoms with Gasteiger partial charge in [-0.3, -0.25) is 4.99 Å². The van der Waals surface area contributed by atoms with Gasteiger partial charge in [-0.25, -0.2) is 0 Å². The van der Waals surface area contributed by atoms with Gasteiger partial charge in [0.05, 0.1) is 6.54 Å². The van der Waals surface area contributed by atoms with Crippen molar-refractivity contribution in [2.24, 2.45) is 10.9 Å². The smallest absolute Gasteiger partial charge is 0.0572 e. The van der Waals surface area contributed by atoms with E-state index < -0.39 is 0 Å². The van der Waals surface area contributed by atoms with Crippen LogP contribution in [0.25, 0.3) is 0 Å². The fourth-order valence-corrected chi connectivity index (χ4v) is 1.83. The van der Waals surface area contributed by atoms with Crippen LogP contribution in [0.4, 0.5) is 0 Å². The van der Waals surface area contributed by atoms with Gasteiger partial charge in [-0.1, -0.05) is 18.2 Å². The molecule has 0 aromatic rings. The first kappa shape index (κ1) is 7.11. The SMILES string of the molecule is ClC1CC=CC2=CCN=CC21. The highest BCUT2D eigenvalue weighted by molar-refractivity contribution is 6.22. The van der Waals surface area contributed by atoms with Crippen LogP contribution in [0.15, 0.2) is 28.8 Å². The van der Waals surface area contributed by atoms with Gasteiger partial charge in [0.2, 0.25) is 0 Å². The zero-order valence-corrected chi connectivity index (χ0v) is 6.96. The minimum absolute atomic E-state index is 0.218. The van der Waals surface area contributed by atoms with Crippen LogP contribution in [0.3, 0.4) is 0 Å². The molecular formula is C9H10ClN. The number of hydrogen-bond donors (Lipinski definition) is 0. The van der Waals surface area contributed by atoms with Gasteiger partial charge in [0.1, 0.15) is 0 Å². The van der Waals surface area contributed by atoms with Crippen molar-refractivity contribution in [1.82, 2.24) is 0 Å². The minimum Gasteiger partial charge on any atom is -0.293 e. The van der Waals surface area contributed by atoms with Crippen molar-refractivity contribution >= 4 is 17.8 Å². The van der Waals surface area contributed by atoms with E-state index in [9.17, 15) is 0 Å². The Morgan fingerprint density at radius 1 is 1.55 bits per heavy atom. The number of dihydropyridines is 1. The first-order chi connectivity index (χ1) is 5.38. The summed E-state index contributed by atoms with van der Waals surface area (Å²) in [5, 5.41) is 0.218. The molecule has 1 heterocycles. The molecule has 0 fully saturated rings. The zero-order valence-electron chi connectivity index (χ0n) is 6.20. The summed E-state index contributed by atoms with van der Waals surface area (Å²) in [6.07, 6.45) is 9.40. The van der Waals surface area contributed by atoms with E-state index in [0.717, 1.165) is 13.0 Å². The molecule has 2 unspecified atom stereocenters. The average molecular weight is 168 g/mol. The van der Waals surface area contributed by atoms with Crippen molar-refractivity contribution < 1.29 is 0 Å². The second-order valence-corrected chi connectivity index (χ2v) is 3.46. The molecule has 0 radical (unpaired) electrons. The Labute approximate surface area is 71.5 Å². The molecule has 1 nitrogen and oxygen atoms in total. The predicted molar refractivity (Wildman–Crippen MR) is 48.3 cm³/mol. The Balaban J connectivity index is 2.29. The lowest BCUT2D eigenvalue weighted by Gasteiger charge is -2.24. The lowest BCUT2D eigenvalue weighted by molar-refractivity contribution is 0.720. The maximum absolute atomic E-state index is 6.11. The number of halogens is 1. The Hall–Kier alpha value is -0.560. The van der Waals surface area contributed by atoms with Crippen LogP contribution in [-0.4, -0.2) is 18.1 Å². The van der Waals surface area contributed by atoms with Gasteiger partial charge in [0.15, 0.2) is 0 Å². The Bertz CT molecular complexity index is 240. The van der Waals surface area contributed by atoms with E-state index >= 15 is 0 Å². The van der Waals surface area contributed by atoms with E-state index in [0.29, 0.717) is 5.92 Å². The highest BCUT2D eigenvalue weighted by atomic mass is 35.5. The van der Waals surface area contributed by atoms with Gasteiger partial charge in [0, 0.05) is 17.5 Å². The van der Waals surface area contributed by atoms with Crippen LogP contribution >= 0.6 is 11.6 Å². The number of rotatable bonds is 0. The number of alkyl halides is 1. The quantitative estimate of drug-likeness (QED) is 0.491. The van der Waals surface area contributed by atoms with Crippen molar-refractivity contribution in [3.8, 4) is 0 Å². The second-order valence-electron chi connectivity index (χ2n) is 2.90. The van der Waals surface area contributed by atoms with Gasteiger partial charge in [-0.15, -0.1) is 11.6 Å². The summed E-state index contributed by atoms with van der Waals surface area (Å²) in [4.78, 5) is 4.19. The first-order valence-electron chi connectivity index (χ1n) is 3.88. The Kier molecular flexibility index (Phi) is 1.82. The molecule has 0 aromatic heterocycles. The molecule has 2 heteroatoms. The van der Waals surface area contributed by atoms with Gasteiger partial charge >= 0.3 is 0 Å². The van der Waals surface area contributed by atoms with Gasteiger partial charge < -0.3 is 0 Å². The van der Waals surface area contributed by atoms with Crippen LogP contribution < -0.4 is 0 Å². The third-order valence-corrected chi connectivity index (χ3v) is 2.59. The van der Waals surface area contributed by atoms with Crippen molar-refractivity contribution in [2.75, 3.05) is 6.54 Å². The van der Waals surface area contributed by atoms with E-state index in [2.05, 4.69) is 23.2 Å². The molecule has 0 aromatic carbocycles. The van der Waals surface area contributed by atoms with E-state index in [4.69, 9.17) is 11.6 Å². The molecule has 0 amide bonds. The summed E-state index contributed by atoms with van der Waals surface area (Å²) >= 11 is 6.11. The third kappa shape index (κ3) is 1.25. The van der Waals surface area contributed by atoms with Crippen molar-refractivity contribution in [2.45, 2.75) is 11.8 Å². The van der Waals surface area contributed by atoms with Crippen LogP contribution in [-0.2, 0) is 0 Å². The van der Waals surface area contributed by atoms with Crippen LogP contribution in [0.2, 0.25) is 0 Å². The molecule has 58 valence electrons. The van der Waals surface area contributed by atoms with Crippen molar-refractivity contribution in [3.63, 3.8) is 0 Å². The van der Waals surface area contributed by atoms with Crippen LogP contribution in [0.1, 0.15) is 6.42 Å². The van der Waals surface area contributed by atoms with Crippen LogP contribution in [0.5, 0.6) is 0 Å². The number of allylic oxidation sites excluding steroid dienone is 3. The summed E-state index contributed by atoms with van der Waals surface area (Å²) < 4.78 is 0. The van der Waals surface area contributed by atoms with Crippen molar-refractivity contribution in [3.05, 3.63) is 23.8 Å². The number of hydrogen-bond acceptors (Lipinski definition) is 1. The molecule has 0 N–H and O–H groups in total. The molecule has 2 aliphatic rings. The predicted octanol–water partition coefficient (Wildman–Crippen LogP) is 2.18.